The van der Waals surface area contributed by atoms with Gasteiger partial charge < -0.3 is 20.7 Å². The molecule has 1 aliphatic heterocycles. The number of amides is 1. The molecule has 1 amide bonds. The number of hydrogen-bond acceptors (Lipinski definition) is 3. The van der Waals surface area contributed by atoms with Crippen LogP contribution in [0.5, 0.6) is 5.75 Å². The second kappa shape index (κ2) is 7.58. The van der Waals surface area contributed by atoms with Gasteiger partial charge in [0.1, 0.15) is 5.75 Å². The Morgan fingerprint density at radius 2 is 1.81 bits per heavy atom. The molecule has 0 radical (unpaired) electrons. The molecule has 6 heteroatoms. The maximum atomic E-state index is 13.0. The highest BCUT2D eigenvalue weighted by atomic mass is 32.1. The fourth-order valence-corrected chi connectivity index (χ4v) is 3.28. The van der Waals surface area contributed by atoms with Crippen molar-refractivity contribution in [2.45, 2.75) is 19.9 Å². The van der Waals surface area contributed by atoms with Crippen LogP contribution in [0.25, 0.3) is 0 Å². The zero-order valence-electron chi connectivity index (χ0n) is 14.9. The van der Waals surface area contributed by atoms with Gasteiger partial charge in [-0.1, -0.05) is 24.3 Å². The van der Waals surface area contributed by atoms with Crippen molar-refractivity contribution in [3.8, 4) is 5.75 Å². The molecular formula is C20H21N3O2S. The molecule has 2 aromatic rings. The average molecular weight is 367 g/mol. The first-order valence-corrected chi connectivity index (χ1v) is 8.69. The van der Waals surface area contributed by atoms with Crippen LogP contribution in [-0.4, -0.2) is 18.1 Å². The molecule has 0 aliphatic carbocycles. The Morgan fingerprint density at radius 3 is 2.46 bits per heavy atom. The Hall–Kier alpha value is -2.86. The summed E-state index contributed by atoms with van der Waals surface area (Å²) in [5.41, 5.74) is 4.18. The molecule has 0 aromatic heterocycles. The van der Waals surface area contributed by atoms with Crippen molar-refractivity contribution in [2.75, 3.05) is 12.4 Å². The molecular weight excluding hydrogens is 346 g/mol. The van der Waals surface area contributed by atoms with Crippen LogP contribution in [-0.2, 0) is 4.79 Å². The van der Waals surface area contributed by atoms with Gasteiger partial charge in [0.2, 0.25) is 0 Å². The van der Waals surface area contributed by atoms with Crippen molar-refractivity contribution in [1.29, 1.82) is 0 Å². The molecule has 1 aliphatic rings. The molecule has 3 N–H and O–H groups in total. The summed E-state index contributed by atoms with van der Waals surface area (Å²) in [6, 6.07) is 14.9. The van der Waals surface area contributed by atoms with Crippen LogP contribution >= 0.6 is 12.2 Å². The van der Waals surface area contributed by atoms with Gasteiger partial charge in [-0.2, -0.15) is 0 Å². The Bertz CT molecular complexity index is 875. The summed E-state index contributed by atoms with van der Waals surface area (Å²) < 4.78 is 5.15. The maximum Gasteiger partial charge on any atom is 0.255 e. The Kier molecular flexibility index (Phi) is 5.23. The molecule has 1 heterocycles. The number of ether oxygens (including phenoxy) is 1. The predicted molar refractivity (Wildman–Crippen MR) is 107 cm³/mol. The number of methoxy groups -OCH3 is 1. The summed E-state index contributed by atoms with van der Waals surface area (Å²) in [5.74, 6) is 0.561. The topological polar surface area (TPSA) is 62.4 Å². The molecule has 1 atom stereocenters. The van der Waals surface area contributed by atoms with Gasteiger partial charge in [0.15, 0.2) is 5.11 Å². The second-order valence-electron chi connectivity index (χ2n) is 6.11. The number of allylic oxidation sites excluding steroid dienone is 1. The van der Waals surface area contributed by atoms with Crippen molar-refractivity contribution in [2.24, 2.45) is 0 Å². The fraction of sp³-hybridized carbons (Fsp3) is 0.200. The monoisotopic (exact) mass is 367 g/mol. The maximum absolute atomic E-state index is 13.0. The number of carbonyl (C=O) groups is 1. The van der Waals surface area contributed by atoms with Gasteiger partial charge >= 0.3 is 0 Å². The third-order valence-electron chi connectivity index (χ3n) is 4.36. The summed E-state index contributed by atoms with van der Waals surface area (Å²) in [7, 11) is 1.61. The minimum Gasteiger partial charge on any atom is -0.497 e. The zero-order valence-corrected chi connectivity index (χ0v) is 15.7. The van der Waals surface area contributed by atoms with E-state index >= 15 is 0 Å². The van der Waals surface area contributed by atoms with Crippen LogP contribution in [0, 0.1) is 6.92 Å². The van der Waals surface area contributed by atoms with E-state index in [1.807, 2.05) is 62.4 Å². The summed E-state index contributed by atoms with van der Waals surface area (Å²) in [6.45, 7) is 3.89. The van der Waals surface area contributed by atoms with Gasteiger partial charge in [-0.25, -0.2) is 0 Å². The average Bonchev–Trinajstić information content (AvgIpc) is 2.62. The smallest absolute Gasteiger partial charge is 0.255 e. The van der Waals surface area contributed by atoms with Gasteiger partial charge in [-0.3, -0.25) is 4.79 Å². The number of hydrogen-bond donors (Lipinski definition) is 3. The molecule has 0 fully saturated rings. The van der Waals surface area contributed by atoms with Crippen molar-refractivity contribution in [3.05, 3.63) is 70.9 Å². The summed E-state index contributed by atoms with van der Waals surface area (Å²) in [4.78, 5) is 13.0. The lowest BCUT2D eigenvalue weighted by molar-refractivity contribution is -0.113. The van der Waals surface area contributed by atoms with E-state index in [0.29, 0.717) is 16.4 Å². The van der Waals surface area contributed by atoms with E-state index < -0.39 is 0 Å². The lowest BCUT2D eigenvalue weighted by Crippen LogP contribution is -2.46. The number of rotatable bonds is 4. The van der Waals surface area contributed by atoms with Crippen molar-refractivity contribution < 1.29 is 9.53 Å². The van der Waals surface area contributed by atoms with Crippen LogP contribution < -0.4 is 20.7 Å². The van der Waals surface area contributed by atoms with E-state index in [1.54, 1.807) is 7.11 Å². The van der Waals surface area contributed by atoms with Crippen LogP contribution in [0.2, 0.25) is 0 Å². The van der Waals surface area contributed by atoms with Gasteiger partial charge in [-0.05, 0) is 61.5 Å². The SMILES string of the molecule is COc1ccc(NC(=O)C2=C(C)NC(=S)N[C@@H]2c2ccccc2C)cc1. The highest BCUT2D eigenvalue weighted by molar-refractivity contribution is 7.80. The van der Waals surface area contributed by atoms with E-state index in [-0.39, 0.29) is 11.9 Å². The minimum atomic E-state index is -0.303. The number of carbonyl (C=O) groups excluding carboxylic acids is 1. The first kappa shape index (κ1) is 17.9. The molecule has 5 nitrogen and oxygen atoms in total. The van der Waals surface area contributed by atoms with Gasteiger partial charge in [0.25, 0.3) is 5.91 Å². The lowest BCUT2D eigenvalue weighted by Gasteiger charge is -2.31. The summed E-state index contributed by atoms with van der Waals surface area (Å²) in [6.07, 6.45) is 0. The van der Waals surface area contributed by atoms with Crippen molar-refractivity contribution in [3.63, 3.8) is 0 Å². The predicted octanol–water partition coefficient (Wildman–Crippen LogP) is 3.44. The summed E-state index contributed by atoms with van der Waals surface area (Å²) >= 11 is 5.30. The molecule has 2 aromatic carbocycles. The van der Waals surface area contributed by atoms with Crippen LogP contribution in [0.4, 0.5) is 5.69 Å². The highest BCUT2D eigenvalue weighted by Crippen LogP contribution is 2.29. The van der Waals surface area contributed by atoms with Gasteiger partial charge in [-0.15, -0.1) is 0 Å². The third-order valence-corrected chi connectivity index (χ3v) is 4.58. The van der Waals surface area contributed by atoms with Crippen molar-refractivity contribution in [1.82, 2.24) is 10.6 Å². The van der Waals surface area contributed by atoms with E-state index in [1.165, 1.54) is 0 Å². The molecule has 0 saturated carbocycles. The van der Waals surface area contributed by atoms with Gasteiger partial charge in [0.05, 0.1) is 18.7 Å². The number of thiocarbonyl (C=S) groups is 1. The standard InChI is InChI=1S/C20H21N3O2S/c1-12-6-4-5-7-16(12)18-17(13(2)21-20(26)23-18)19(24)22-14-8-10-15(25-3)11-9-14/h4-11,18H,1-3H3,(H,22,24)(H2,21,23,26)/t18-/m1/s1. The quantitative estimate of drug-likeness (QED) is 0.723. The lowest BCUT2D eigenvalue weighted by atomic mass is 9.92. The fourth-order valence-electron chi connectivity index (χ4n) is 3.01. The van der Waals surface area contributed by atoms with Gasteiger partial charge in [0, 0.05) is 11.4 Å². The number of anilines is 1. The van der Waals surface area contributed by atoms with E-state index in [4.69, 9.17) is 17.0 Å². The Balaban J connectivity index is 1.93. The normalized spacial score (nSPS) is 16.6. The second-order valence-corrected chi connectivity index (χ2v) is 6.52. The largest absolute Gasteiger partial charge is 0.497 e. The molecule has 3 rings (SSSR count). The van der Waals surface area contributed by atoms with Crippen LogP contribution in [0.15, 0.2) is 59.8 Å². The first-order valence-electron chi connectivity index (χ1n) is 8.29. The van der Waals surface area contributed by atoms with E-state index in [2.05, 4.69) is 16.0 Å². The van der Waals surface area contributed by atoms with Crippen LogP contribution in [0.1, 0.15) is 24.1 Å². The van der Waals surface area contributed by atoms with E-state index in [9.17, 15) is 4.79 Å². The number of benzene rings is 2. The minimum absolute atomic E-state index is 0.177. The molecule has 134 valence electrons. The molecule has 26 heavy (non-hydrogen) atoms. The Labute approximate surface area is 158 Å². The number of nitrogens with one attached hydrogen (secondary N) is 3. The highest BCUT2D eigenvalue weighted by Gasteiger charge is 2.30. The summed E-state index contributed by atoms with van der Waals surface area (Å²) in [5, 5.41) is 9.74. The molecule has 0 spiro atoms. The van der Waals surface area contributed by atoms with Crippen molar-refractivity contribution >= 4 is 28.9 Å². The Morgan fingerprint density at radius 1 is 1.12 bits per heavy atom. The zero-order chi connectivity index (χ0) is 18.7. The number of aryl methyl sites for hydroxylation is 1. The third kappa shape index (κ3) is 3.70. The van der Waals surface area contributed by atoms with Crippen LogP contribution in [0.3, 0.4) is 0 Å². The molecule has 0 bridgehead atoms. The first-order chi connectivity index (χ1) is 12.5. The molecule has 0 saturated heterocycles. The molecule has 0 unspecified atom stereocenters. The van der Waals surface area contributed by atoms with E-state index in [0.717, 1.165) is 22.6 Å².